The van der Waals surface area contributed by atoms with E-state index in [1.54, 1.807) is 0 Å². The van der Waals surface area contributed by atoms with E-state index in [-0.39, 0.29) is 0 Å². The van der Waals surface area contributed by atoms with Crippen LogP contribution in [0.4, 0.5) is 9.59 Å². The average Bonchev–Trinajstić information content (AvgIpc) is 1.56. The molecule has 0 amide bonds. The molecule has 66 valence electrons. The molecule has 2 N–H and O–H groups in total. The van der Waals surface area contributed by atoms with Gasteiger partial charge in [0.2, 0.25) is 0 Å². The number of hydrogen-bond acceptors (Lipinski definition) is 4. The van der Waals surface area contributed by atoms with E-state index in [0.29, 0.717) is 0 Å². The van der Waals surface area contributed by atoms with Crippen LogP contribution in [-0.2, 0) is 14.3 Å². The zero-order valence-electron chi connectivity index (χ0n) is 4.69. The van der Waals surface area contributed by atoms with E-state index < -0.39 is 21.9 Å². The van der Waals surface area contributed by atoms with Crippen LogP contribution in [0.5, 0.6) is 0 Å². The summed E-state index contributed by atoms with van der Waals surface area (Å²) in [6.45, 7) is 0. The van der Waals surface area contributed by atoms with Crippen molar-refractivity contribution in [2.24, 2.45) is 0 Å². The van der Waals surface area contributed by atoms with Gasteiger partial charge in [0.25, 0.3) is 0 Å². The third-order valence-corrected chi connectivity index (χ3v) is 0.175. The van der Waals surface area contributed by atoms with Crippen molar-refractivity contribution in [2.75, 3.05) is 0 Å². The zero-order chi connectivity index (χ0) is 9.44. The van der Waals surface area contributed by atoms with Crippen LogP contribution in [0.1, 0.15) is 0 Å². The molecule has 0 saturated heterocycles. The minimum atomic E-state index is -1.81. The summed E-state index contributed by atoms with van der Waals surface area (Å²) in [5.41, 5.74) is 0. The predicted octanol–water partition coefficient (Wildman–Crippen LogP) is 1.40. The molecule has 0 unspecified atom stereocenters. The van der Waals surface area contributed by atoms with E-state index in [0.717, 1.165) is 0 Å². The number of carboxylic acid groups (broad SMARTS) is 2. The number of halogens is 2. The lowest BCUT2D eigenvalue weighted by atomic mass is 11.3. The van der Waals surface area contributed by atoms with Crippen molar-refractivity contribution >= 4 is 43.3 Å². The van der Waals surface area contributed by atoms with Crippen LogP contribution < -0.4 is 0 Å². The number of ether oxygens (including phenoxy) is 1. The van der Waals surface area contributed by atoms with Gasteiger partial charge in [0.15, 0.2) is 31.0 Å². The highest BCUT2D eigenvalue weighted by Crippen LogP contribution is 1.98. The Bertz CT molecular complexity index is 122. The van der Waals surface area contributed by atoms with Gasteiger partial charge in [-0.05, 0) is 0 Å². The highest BCUT2D eigenvalue weighted by Gasteiger charge is 2.01. The van der Waals surface area contributed by atoms with Crippen LogP contribution in [0.15, 0.2) is 0 Å². The van der Waals surface area contributed by atoms with E-state index in [2.05, 4.69) is 26.1 Å². The van der Waals surface area contributed by atoms with E-state index in [9.17, 15) is 9.59 Å². The van der Waals surface area contributed by atoms with Crippen molar-refractivity contribution < 1.29 is 29.1 Å². The van der Waals surface area contributed by atoms with Gasteiger partial charge < -0.3 is 19.5 Å². The van der Waals surface area contributed by atoms with E-state index in [1.807, 2.05) is 0 Å². The summed E-state index contributed by atoms with van der Waals surface area (Å²) < 4.78 is 12.2. The molecule has 0 aliphatic heterocycles. The van der Waals surface area contributed by atoms with Gasteiger partial charge in [-0.15, -0.1) is 0 Å². The minimum absolute atomic E-state index is 1.67. The van der Waals surface area contributed by atoms with Gasteiger partial charge in [-0.1, -0.05) is 0 Å². The first-order valence-corrected chi connectivity index (χ1v) is 4.54. The van der Waals surface area contributed by atoms with Crippen LogP contribution in [-0.4, -0.2) is 27.1 Å². The van der Waals surface area contributed by atoms with Crippen molar-refractivity contribution in [3.05, 3.63) is 0 Å². The SMILES string of the molecule is O=C(O)OC(=O)O.[O-][S+](Cl)Cl. The standard InChI is InChI=1S/C2H2O5.Cl2OS/c3-1(4)7-2(5)6;1-4(2)3/h(H,3,4)(H,5,6);. The molecule has 9 heteroatoms. The maximum absolute atomic E-state index is 9.21. The molecule has 11 heavy (non-hydrogen) atoms. The molecule has 0 fully saturated rings. The monoisotopic (exact) mass is 224 g/mol. The van der Waals surface area contributed by atoms with Crippen molar-refractivity contribution in [1.82, 2.24) is 0 Å². The normalized spacial score (nSPS) is 8.00. The van der Waals surface area contributed by atoms with Crippen LogP contribution in [0.3, 0.4) is 0 Å². The molecular weight excluding hydrogens is 223 g/mol. The van der Waals surface area contributed by atoms with Crippen molar-refractivity contribution in [1.29, 1.82) is 0 Å². The number of hydrogen-bond donors (Lipinski definition) is 2. The third kappa shape index (κ3) is 42.5. The molecule has 0 aromatic carbocycles. The van der Waals surface area contributed by atoms with Gasteiger partial charge >= 0.3 is 12.3 Å². The predicted molar refractivity (Wildman–Crippen MR) is 37.0 cm³/mol. The first-order valence-electron chi connectivity index (χ1n) is 1.74. The summed E-state index contributed by atoms with van der Waals surface area (Å²) >= 11 is 0. The maximum Gasteiger partial charge on any atom is 0.516 e. The molecule has 6 nitrogen and oxygen atoms in total. The van der Waals surface area contributed by atoms with Gasteiger partial charge in [0.05, 0.1) is 0 Å². The highest BCUT2D eigenvalue weighted by molar-refractivity contribution is 8.31. The molecule has 0 saturated carbocycles. The van der Waals surface area contributed by atoms with Gasteiger partial charge in [-0.2, -0.15) is 0 Å². The molecule has 0 rings (SSSR count). The second-order valence-corrected chi connectivity index (χ2v) is 3.34. The van der Waals surface area contributed by atoms with Gasteiger partial charge in [-0.3, -0.25) is 0 Å². The summed E-state index contributed by atoms with van der Waals surface area (Å²) in [4.78, 5) is 18.4. The Labute approximate surface area is 72.8 Å². The molecule has 0 heterocycles. The van der Waals surface area contributed by atoms with Crippen molar-refractivity contribution in [3.63, 3.8) is 0 Å². The average molecular weight is 225 g/mol. The quantitative estimate of drug-likeness (QED) is 0.366. The van der Waals surface area contributed by atoms with Gasteiger partial charge in [0, 0.05) is 0 Å². The van der Waals surface area contributed by atoms with Gasteiger partial charge in [0.1, 0.15) is 0 Å². The Morgan fingerprint density at radius 3 is 1.45 bits per heavy atom. The fourth-order valence-corrected chi connectivity index (χ4v) is 0.0747. The molecule has 0 aliphatic rings. The highest BCUT2D eigenvalue weighted by atomic mass is 36.0. The topological polar surface area (TPSA) is 107 Å². The Morgan fingerprint density at radius 2 is 1.45 bits per heavy atom. The molecule has 0 aliphatic carbocycles. The number of carbonyl (C=O) groups is 2. The lowest BCUT2D eigenvalue weighted by Crippen LogP contribution is -2.05. The van der Waals surface area contributed by atoms with E-state index in [1.165, 1.54) is 0 Å². The molecule has 0 radical (unpaired) electrons. The van der Waals surface area contributed by atoms with Gasteiger partial charge in [-0.25, -0.2) is 9.59 Å². The molecule has 0 bridgehead atoms. The second kappa shape index (κ2) is 7.73. The second-order valence-electron chi connectivity index (χ2n) is 0.818. The fraction of sp³-hybridized carbons (Fsp3) is 0. The lowest BCUT2D eigenvalue weighted by molar-refractivity contribution is 0.0802. The minimum Gasteiger partial charge on any atom is -0.582 e. The lowest BCUT2D eigenvalue weighted by Gasteiger charge is -1.84. The smallest absolute Gasteiger partial charge is 0.516 e. The molecular formula is C2H2Cl2O6S. The largest absolute Gasteiger partial charge is 0.582 e. The van der Waals surface area contributed by atoms with E-state index in [4.69, 9.17) is 14.8 Å². The van der Waals surface area contributed by atoms with Crippen LogP contribution >= 0.6 is 21.4 Å². The van der Waals surface area contributed by atoms with E-state index >= 15 is 0 Å². The first kappa shape index (κ1) is 13.2. The summed E-state index contributed by atoms with van der Waals surface area (Å²) in [6.07, 6.45) is -3.62. The Hall–Kier alpha value is -0.370. The van der Waals surface area contributed by atoms with Crippen molar-refractivity contribution in [3.8, 4) is 0 Å². The Kier molecular flexibility index (Phi) is 9.31. The molecule has 0 aromatic rings. The Balaban J connectivity index is 0. The van der Waals surface area contributed by atoms with Crippen LogP contribution in [0.25, 0.3) is 0 Å². The summed E-state index contributed by atoms with van der Waals surface area (Å²) in [7, 11) is 7.36. The zero-order valence-corrected chi connectivity index (χ0v) is 7.02. The molecule has 0 aromatic heterocycles. The molecule has 0 spiro atoms. The maximum atomic E-state index is 9.21. The third-order valence-electron chi connectivity index (χ3n) is 0.175. The Morgan fingerprint density at radius 1 is 1.27 bits per heavy atom. The summed E-state index contributed by atoms with van der Waals surface area (Å²) in [6, 6.07) is 0. The fourth-order valence-electron chi connectivity index (χ4n) is 0.0747. The number of rotatable bonds is 0. The summed E-state index contributed by atoms with van der Waals surface area (Å²) in [5, 5.41) is 15.0. The van der Waals surface area contributed by atoms with Crippen LogP contribution in [0, 0.1) is 0 Å². The first-order chi connectivity index (χ1) is 4.86. The summed E-state index contributed by atoms with van der Waals surface area (Å²) in [5.74, 6) is 0. The molecule has 0 atom stereocenters. The van der Waals surface area contributed by atoms with Crippen LogP contribution in [0.2, 0.25) is 0 Å². The van der Waals surface area contributed by atoms with Crippen molar-refractivity contribution in [2.45, 2.75) is 0 Å².